The third-order valence-electron chi connectivity index (χ3n) is 4.37. The molecule has 0 saturated carbocycles. The van der Waals surface area contributed by atoms with Crippen LogP contribution in [0, 0.1) is 0 Å². The van der Waals surface area contributed by atoms with E-state index < -0.39 is 0 Å². The molecule has 0 fully saturated rings. The van der Waals surface area contributed by atoms with E-state index in [0.29, 0.717) is 11.1 Å². The van der Waals surface area contributed by atoms with E-state index in [0.717, 1.165) is 5.56 Å². The normalized spacial score (nSPS) is 14.7. The maximum atomic E-state index is 13.0. The number of hydrogen-bond acceptors (Lipinski definition) is 4. The van der Waals surface area contributed by atoms with Crippen molar-refractivity contribution >= 4 is 17.5 Å². The topological polar surface area (TPSA) is 75.3 Å². The van der Waals surface area contributed by atoms with Crippen molar-refractivity contribution in [2.24, 2.45) is 0 Å². The number of nitrogens with one attached hydrogen (secondary N) is 2. The molecule has 0 heterocycles. The Morgan fingerprint density at radius 2 is 1.42 bits per heavy atom. The molecule has 0 saturated heterocycles. The van der Waals surface area contributed by atoms with E-state index in [1.165, 1.54) is 0 Å². The summed E-state index contributed by atoms with van der Waals surface area (Å²) in [5, 5.41) is 5.73. The van der Waals surface area contributed by atoms with Gasteiger partial charge in [0.25, 0.3) is 0 Å². The molecular formula is C21H20N2O3. The number of hydrogen-bond donors (Lipinski definition) is 2. The Morgan fingerprint density at radius 3 is 2.00 bits per heavy atom. The molecule has 2 aromatic rings. The standard InChI is InChI=1S/C21H20N2O3/c1-3-17(24)23-19-18(22-13(2)14-9-5-4-6-10-14)20(25)15-11-7-8-12-16(15)21(19)26/h4-13,22H,3H2,1-2H3,(H,23,24)/t13-/m0/s1. The number of Topliss-reactive ketones (excluding diaryl/α,β-unsaturated/α-hetero) is 2. The molecular weight excluding hydrogens is 328 g/mol. The lowest BCUT2D eigenvalue weighted by atomic mass is 9.89. The van der Waals surface area contributed by atoms with Crippen LogP contribution in [0.3, 0.4) is 0 Å². The molecule has 0 aliphatic heterocycles. The summed E-state index contributed by atoms with van der Waals surface area (Å²) in [6.45, 7) is 3.60. The van der Waals surface area contributed by atoms with Gasteiger partial charge in [-0.2, -0.15) is 0 Å². The van der Waals surface area contributed by atoms with Crippen LogP contribution in [0.4, 0.5) is 0 Å². The fourth-order valence-corrected chi connectivity index (χ4v) is 2.90. The van der Waals surface area contributed by atoms with Crippen molar-refractivity contribution in [1.29, 1.82) is 0 Å². The fraction of sp³-hybridized carbons (Fsp3) is 0.190. The second-order valence-corrected chi connectivity index (χ2v) is 6.13. The SMILES string of the molecule is CCC(=O)NC1=C(N[C@@H](C)c2ccccc2)C(=O)c2ccccc2C1=O. The number of amides is 1. The number of carbonyl (C=O) groups is 3. The minimum Gasteiger partial charge on any atom is -0.374 e. The Labute approximate surface area is 152 Å². The first-order valence-corrected chi connectivity index (χ1v) is 8.57. The van der Waals surface area contributed by atoms with Gasteiger partial charge in [-0.3, -0.25) is 14.4 Å². The summed E-state index contributed by atoms with van der Waals surface area (Å²) in [7, 11) is 0. The average Bonchev–Trinajstić information content (AvgIpc) is 2.69. The Hall–Kier alpha value is -3.21. The summed E-state index contributed by atoms with van der Waals surface area (Å²) in [6.07, 6.45) is 0.216. The second kappa shape index (κ2) is 7.35. The molecule has 1 amide bonds. The van der Waals surface area contributed by atoms with Gasteiger partial charge in [0.1, 0.15) is 11.4 Å². The quantitative estimate of drug-likeness (QED) is 0.870. The number of carbonyl (C=O) groups excluding carboxylic acids is 3. The summed E-state index contributed by atoms with van der Waals surface area (Å²) in [4.78, 5) is 37.8. The van der Waals surface area contributed by atoms with E-state index in [1.807, 2.05) is 37.3 Å². The third-order valence-corrected chi connectivity index (χ3v) is 4.37. The lowest BCUT2D eigenvalue weighted by molar-refractivity contribution is -0.120. The molecule has 0 spiro atoms. The largest absolute Gasteiger partial charge is 0.374 e. The van der Waals surface area contributed by atoms with Crippen molar-refractivity contribution in [3.05, 3.63) is 82.7 Å². The van der Waals surface area contributed by atoms with Gasteiger partial charge in [0.15, 0.2) is 0 Å². The highest BCUT2D eigenvalue weighted by Crippen LogP contribution is 2.26. The molecule has 2 N–H and O–H groups in total. The molecule has 0 unspecified atom stereocenters. The van der Waals surface area contributed by atoms with Gasteiger partial charge >= 0.3 is 0 Å². The molecule has 0 radical (unpaired) electrons. The monoisotopic (exact) mass is 348 g/mol. The van der Waals surface area contributed by atoms with Gasteiger partial charge in [0, 0.05) is 23.6 Å². The lowest BCUT2D eigenvalue weighted by Crippen LogP contribution is -2.38. The minimum atomic E-state index is -0.357. The molecule has 3 rings (SSSR count). The van der Waals surface area contributed by atoms with E-state index in [9.17, 15) is 14.4 Å². The zero-order valence-electron chi connectivity index (χ0n) is 14.7. The Morgan fingerprint density at radius 1 is 0.885 bits per heavy atom. The maximum Gasteiger partial charge on any atom is 0.224 e. The van der Waals surface area contributed by atoms with Crippen molar-refractivity contribution in [3.8, 4) is 0 Å². The average molecular weight is 348 g/mol. The number of allylic oxidation sites excluding steroid dienone is 2. The molecule has 2 aromatic carbocycles. The predicted octanol–water partition coefficient (Wildman–Crippen LogP) is 3.15. The smallest absolute Gasteiger partial charge is 0.224 e. The van der Waals surface area contributed by atoms with E-state index in [1.54, 1.807) is 31.2 Å². The Balaban J connectivity index is 2.03. The lowest BCUT2D eigenvalue weighted by Gasteiger charge is -2.25. The van der Waals surface area contributed by atoms with Crippen LogP contribution in [0.1, 0.15) is 52.6 Å². The van der Waals surface area contributed by atoms with Crippen LogP contribution in [-0.4, -0.2) is 17.5 Å². The van der Waals surface area contributed by atoms with Crippen LogP contribution >= 0.6 is 0 Å². The van der Waals surface area contributed by atoms with Crippen LogP contribution < -0.4 is 10.6 Å². The Bertz CT molecular complexity index is 900. The van der Waals surface area contributed by atoms with Crippen molar-refractivity contribution in [1.82, 2.24) is 10.6 Å². The van der Waals surface area contributed by atoms with Gasteiger partial charge in [-0.15, -0.1) is 0 Å². The molecule has 1 atom stereocenters. The van der Waals surface area contributed by atoms with E-state index in [-0.39, 0.29) is 41.3 Å². The predicted molar refractivity (Wildman–Crippen MR) is 98.6 cm³/mol. The second-order valence-electron chi connectivity index (χ2n) is 6.13. The molecule has 5 nitrogen and oxygen atoms in total. The van der Waals surface area contributed by atoms with E-state index in [4.69, 9.17) is 0 Å². The molecule has 1 aliphatic carbocycles. The fourth-order valence-electron chi connectivity index (χ4n) is 2.90. The van der Waals surface area contributed by atoms with Crippen LogP contribution in [-0.2, 0) is 4.79 Å². The summed E-state index contributed by atoms with van der Waals surface area (Å²) < 4.78 is 0. The first-order chi connectivity index (χ1) is 12.5. The molecule has 0 bridgehead atoms. The van der Waals surface area contributed by atoms with Gasteiger partial charge in [-0.1, -0.05) is 61.5 Å². The van der Waals surface area contributed by atoms with Crippen LogP contribution in [0.5, 0.6) is 0 Å². The van der Waals surface area contributed by atoms with Gasteiger partial charge in [-0.25, -0.2) is 0 Å². The Kier molecular flexibility index (Phi) is 4.98. The van der Waals surface area contributed by atoms with Crippen molar-refractivity contribution in [2.45, 2.75) is 26.3 Å². The summed E-state index contributed by atoms with van der Waals surface area (Å²) in [5.41, 5.74) is 1.77. The van der Waals surface area contributed by atoms with Crippen molar-refractivity contribution in [2.75, 3.05) is 0 Å². The highest BCUT2D eigenvalue weighted by Gasteiger charge is 2.33. The molecule has 0 aromatic heterocycles. The summed E-state index contributed by atoms with van der Waals surface area (Å²) in [5.74, 6) is -0.966. The van der Waals surface area contributed by atoms with Crippen LogP contribution in [0.2, 0.25) is 0 Å². The van der Waals surface area contributed by atoms with Gasteiger partial charge < -0.3 is 10.6 Å². The van der Waals surface area contributed by atoms with Crippen molar-refractivity contribution < 1.29 is 14.4 Å². The van der Waals surface area contributed by atoms with Gasteiger partial charge in [0.2, 0.25) is 17.5 Å². The zero-order chi connectivity index (χ0) is 18.7. The maximum absolute atomic E-state index is 13.0. The molecule has 132 valence electrons. The summed E-state index contributed by atoms with van der Waals surface area (Å²) in [6, 6.07) is 16.0. The minimum absolute atomic E-state index is 0.0170. The zero-order valence-corrected chi connectivity index (χ0v) is 14.7. The van der Waals surface area contributed by atoms with Crippen LogP contribution in [0.15, 0.2) is 66.0 Å². The third kappa shape index (κ3) is 3.28. The highest BCUT2D eigenvalue weighted by atomic mass is 16.2. The number of fused-ring (bicyclic) bond motifs is 1. The van der Waals surface area contributed by atoms with Gasteiger partial charge in [-0.05, 0) is 12.5 Å². The van der Waals surface area contributed by atoms with E-state index >= 15 is 0 Å². The first kappa shape index (κ1) is 17.6. The highest BCUT2D eigenvalue weighted by molar-refractivity contribution is 6.27. The number of benzene rings is 2. The number of rotatable bonds is 5. The molecule has 26 heavy (non-hydrogen) atoms. The molecule has 5 heteroatoms. The number of ketones is 2. The van der Waals surface area contributed by atoms with E-state index in [2.05, 4.69) is 10.6 Å². The van der Waals surface area contributed by atoms with Crippen molar-refractivity contribution in [3.63, 3.8) is 0 Å². The summed E-state index contributed by atoms with van der Waals surface area (Å²) >= 11 is 0. The first-order valence-electron chi connectivity index (χ1n) is 8.57. The van der Waals surface area contributed by atoms with Gasteiger partial charge in [0.05, 0.1) is 0 Å². The van der Waals surface area contributed by atoms with Crippen LogP contribution in [0.25, 0.3) is 0 Å². The molecule has 1 aliphatic rings.